The zero-order valence-electron chi connectivity index (χ0n) is 9.98. The van der Waals surface area contributed by atoms with Crippen molar-refractivity contribution in [1.82, 2.24) is 4.90 Å². The van der Waals surface area contributed by atoms with Gasteiger partial charge >= 0.3 is 6.18 Å². The molecule has 2 nitrogen and oxygen atoms in total. The molecule has 0 aromatic heterocycles. The maximum Gasteiger partial charge on any atom is 0.416 e. The summed E-state index contributed by atoms with van der Waals surface area (Å²) in [6, 6.07) is 2.85. The summed E-state index contributed by atoms with van der Waals surface area (Å²) in [5.74, 6) is -3.77. The van der Waals surface area contributed by atoms with Crippen LogP contribution in [0.15, 0.2) is 18.2 Å². The van der Waals surface area contributed by atoms with Gasteiger partial charge in [-0.05, 0) is 40.8 Å². The van der Waals surface area contributed by atoms with Crippen molar-refractivity contribution in [3.8, 4) is 0 Å². The first-order chi connectivity index (χ1) is 9.08. The smallest absolute Gasteiger partial charge is 0.332 e. The molecule has 1 aromatic rings. The van der Waals surface area contributed by atoms with E-state index in [1.54, 1.807) is 22.6 Å². The van der Waals surface area contributed by atoms with E-state index in [4.69, 9.17) is 0 Å². The molecular weight excluding hydrogens is 396 g/mol. The summed E-state index contributed by atoms with van der Waals surface area (Å²) in [6.07, 6.45) is -5.04. The fourth-order valence-electron chi connectivity index (χ4n) is 1.97. The number of benzene rings is 1. The molecule has 1 heterocycles. The molecule has 0 radical (unpaired) electrons. The van der Waals surface area contributed by atoms with Gasteiger partial charge in [0.05, 0.1) is 12.1 Å². The maximum absolute atomic E-state index is 13.0. The fraction of sp³-hybridized carbons (Fsp3) is 0.417. The molecule has 0 spiro atoms. The lowest BCUT2D eigenvalue weighted by Crippen LogP contribution is -2.31. The number of hydrogen-bond donors (Lipinski definition) is 0. The molecule has 0 saturated carbocycles. The van der Waals surface area contributed by atoms with Gasteiger partial charge in [0.2, 0.25) is 0 Å². The maximum atomic E-state index is 13.0. The van der Waals surface area contributed by atoms with E-state index in [2.05, 4.69) is 0 Å². The van der Waals surface area contributed by atoms with Crippen molar-refractivity contribution in [2.75, 3.05) is 13.1 Å². The van der Waals surface area contributed by atoms with Crippen LogP contribution < -0.4 is 0 Å². The van der Waals surface area contributed by atoms with E-state index in [0.29, 0.717) is 6.07 Å². The van der Waals surface area contributed by atoms with Crippen LogP contribution in [0.25, 0.3) is 0 Å². The molecule has 8 heteroatoms. The minimum absolute atomic E-state index is 0.154. The van der Waals surface area contributed by atoms with E-state index in [-0.39, 0.29) is 15.7 Å². The summed E-state index contributed by atoms with van der Waals surface area (Å²) in [7, 11) is 0. The van der Waals surface area contributed by atoms with Crippen LogP contribution in [0.1, 0.15) is 22.3 Å². The van der Waals surface area contributed by atoms with Crippen LogP contribution in [-0.2, 0) is 6.18 Å². The monoisotopic (exact) mass is 405 g/mol. The van der Waals surface area contributed by atoms with Gasteiger partial charge in [-0.15, -0.1) is 0 Å². The Labute approximate surface area is 125 Å². The Morgan fingerprint density at radius 2 is 1.90 bits per heavy atom. The Morgan fingerprint density at radius 3 is 2.40 bits per heavy atom. The molecule has 1 aliphatic heterocycles. The molecule has 1 aliphatic rings. The normalized spacial score (nSPS) is 18.4. The Balaban J connectivity index is 2.29. The van der Waals surface area contributed by atoms with Crippen molar-refractivity contribution >= 4 is 28.5 Å². The van der Waals surface area contributed by atoms with Gasteiger partial charge < -0.3 is 4.90 Å². The molecule has 20 heavy (non-hydrogen) atoms. The minimum Gasteiger partial charge on any atom is -0.332 e. The third kappa shape index (κ3) is 3.39. The van der Waals surface area contributed by atoms with Gasteiger partial charge in [-0.25, -0.2) is 8.78 Å². The van der Waals surface area contributed by atoms with Gasteiger partial charge in [-0.3, -0.25) is 4.79 Å². The number of halogens is 6. The molecule has 1 aromatic carbocycles. The van der Waals surface area contributed by atoms with Crippen molar-refractivity contribution in [3.63, 3.8) is 0 Å². The average Bonchev–Trinajstić information content (AvgIpc) is 2.67. The van der Waals surface area contributed by atoms with Gasteiger partial charge in [0.15, 0.2) is 0 Å². The number of amides is 1. The Kier molecular flexibility index (Phi) is 3.96. The standard InChI is InChI=1S/C12H9F5INO/c13-11(14)1-2-19(6-11)10(20)7-3-8(12(15,16)17)5-9(18)4-7/h3-5H,1-2,6H2. The topological polar surface area (TPSA) is 20.3 Å². The van der Waals surface area contributed by atoms with Gasteiger partial charge in [0.25, 0.3) is 11.8 Å². The molecule has 2 rings (SSSR count). The highest BCUT2D eigenvalue weighted by atomic mass is 127. The molecule has 0 atom stereocenters. The first-order valence-corrected chi connectivity index (χ1v) is 6.71. The molecule has 0 unspecified atom stereocenters. The summed E-state index contributed by atoms with van der Waals surface area (Å²) in [6.45, 7) is -0.905. The highest BCUT2D eigenvalue weighted by Gasteiger charge is 2.41. The van der Waals surface area contributed by atoms with Crippen molar-refractivity contribution in [1.29, 1.82) is 0 Å². The highest BCUT2D eigenvalue weighted by molar-refractivity contribution is 14.1. The van der Waals surface area contributed by atoms with Crippen molar-refractivity contribution < 1.29 is 26.7 Å². The molecule has 110 valence electrons. The molecule has 0 N–H and O–H groups in total. The lowest BCUT2D eigenvalue weighted by atomic mass is 10.1. The summed E-state index contributed by atoms with van der Waals surface area (Å²) in [4.78, 5) is 12.9. The third-order valence-electron chi connectivity index (χ3n) is 2.93. The van der Waals surface area contributed by atoms with Gasteiger partial charge in [-0.2, -0.15) is 13.2 Å². The fourth-order valence-corrected chi connectivity index (χ4v) is 2.64. The summed E-state index contributed by atoms with van der Waals surface area (Å²) in [5.41, 5.74) is -1.18. The predicted octanol–water partition coefficient (Wildman–Crippen LogP) is 3.79. The lowest BCUT2D eigenvalue weighted by molar-refractivity contribution is -0.137. The van der Waals surface area contributed by atoms with E-state index in [9.17, 15) is 26.7 Å². The number of rotatable bonds is 1. The van der Waals surface area contributed by atoms with Gasteiger partial charge in [0, 0.05) is 22.1 Å². The van der Waals surface area contributed by atoms with Crippen LogP contribution in [-0.4, -0.2) is 29.8 Å². The van der Waals surface area contributed by atoms with E-state index in [1.807, 2.05) is 0 Å². The van der Waals surface area contributed by atoms with Crippen molar-refractivity contribution in [2.45, 2.75) is 18.5 Å². The first-order valence-electron chi connectivity index (χ1n) is 5.63. The van der Waals surface area contributed by atoms with Crippen molar-refractivity contribution in [2.24, 2.45) is 0 Å². The SMILES string of the molecule is O=C(c1cc(I)cc(C(F)(F)F)c1)N1CCC(F)(F)C1. The number of carbonyl (C=O) groups excluding carboxylic acids is 1. The Morgan fingerprint density at radius 1 is 1.25 bits per heavy atom. The summed E-state index contributed by atoms with van der Waals surface area (Å²) in [5, 5.41) is 0. The zero-order valence-corrected chi connectivity index (χ0v) is 12.1. The lowest BCUT2D eigenvalue weighted by Gasteiger charge is -2.17. The highest BCUT2D eigenvalue weighted by Crippen LogP contribution is 2.32. The minimum atomic E-state index is -4.58. The molecule has 0 aliphatic carbocycles. The van der Waals surface area contributed by atoms with Crippen molar-refractivity contribution in [3.05, 3.63) is 32.9 Å². The zero-order chi connectivity index (χ0) is 15.1. The predicted molar refractivity (Wildman–Crippen MR) is 69.6 cm³/mol. The number of alkyl halides is 5. The summed E-state index contributed by atoms with van der Waals surface area (Å²) < 4.78 is 64.3. The largest absolute Gasteiger partial charge is 0.416 e. The quantitative estimate of drug-likeness (QED) is 0.515. The average molecular weight is 405 g/mol. The van der Waals surface area contributed by atoms with E-state index >= 15 is 0 Å². The van der Waals surface area contributed by atoms with E-state index in [0.717, 1.165) is 11.0 Å². The van der Waals surface area contributed by atoms with Crippen LogP contribution >= 0.6 is 22.6 Å². The Bertz CT molecular complexity index is 543. The van der Waals surface area contributed by atoms with Crippen LogP contribution in [0.3, 0.4) is 0 Å². The first kappa shape index (κ1) is 15.5. The van der Waals surface area contributed by atoms with Crippen LogP contribution in [0.4, 0.5) is 22.0 Å². The van der Waals surface area contributed by atoms with Gasteiger partial charge in [-0.1, -0.05) is 0 Å². The number of carbonyl (C=O) groups is 1. The second-order valence-electron chi connectivity index (χ2n) is 4.56. The molecular formula is C12H9F5INO. The van der Waals surface area contributed by atoms with Crippen LogP contribution in [0, 0.1) is 3.57 Å². The van der Waals surface area contributed by atoms with E-state index < -0.39 is 36.5 Å². The van der Waals surface area contributed by atoms with Crippen LogP contribution in [0.5, 0.6) is 0 Å². The number of likely N-dealkylation sites (tertiary alicyclic amines) is 1. The molecule has 1 fully saturated rings. The molecule has 0 bridgehead atoms. The van der Waals surface area contributed by atoms with Crippen LogP contribution in [0.2, 0.25) is 0 Å². The Hall–Kier alpha value is -0.930. The van der Waals surface area contributed by atoms with E-state index in [1.165, 1.54) is 6.07 Å². The molecule has 1 amide bonds. The second-order valence-corrected chi connectivity index (χ2v) is 5.80. The second kappa shape index (κ2) is 5.12. The number of hydrogen-bond acceptors (Lipinski definition) is 1. The number of nitrogens with zero attached hydrogens (tertiary/aromatic N) is 1. The summed E-state index contributed by atoms with van der Waals surface area (Å²) >= 11 is 1.66. The third-order valence-corrected chi connectivity index (χ3v) is 3.55. The molecule has 1 saturated heterocycles. The van der Waals surface area contributed by atoms with Gasteiger partial charge in [0.1, 0.15) is 0 Å².